The van der Waals surface area contributed by atoms with E-state index in [-0.39, 0.29) is 35.4 Å². The summed E-state index contributed by atoms with van der Waals surface area (Å²) >= 11 is 1.48. The number of carboxylic acid groups (broad SMARTS) is 1. The van der Waals surface area contributed by atoms with Gasteiger partial charge in [-0.3, -0.25) is 14.4 Å². The van der Waals surface area contributed by atoms with Crippen molar-refractivity contribution in [2.45, 2.75) is 84.8 Å². The summed E-state index contributed by atoms with van der Waals surface area (Å²) in [4.78, 5) is 34.1. The lowest BCUT2D eigenvalue weighted by Gasteiger charge is -2.30. The second-order valence-corrected chi connectivity index (χ2v) is 11.0. The van der Waals surface area contributed by atoms with E-state index in [0.29, 0.717) is 43.4 Å². The lowest BCUT2D eigenvalue weighted by Crippen LogP contribution is -2.34. The Morgan fingerprint density at radius 2 is 1.56 bits per heavy atom. The maximum Gasteiger partial charge on any atom is 0.304 e. The number of hydrogen-bond donors (Lipinski definition) is 3. The SMILES string of the molecule is C=C(C)C(=O)NCCCC(C)(C)OCCC(C)(C)OCCCNC(=O)C(C)CSCCC(=O)O. The average Bonchev–Trinajstić information content (AvgIpc) is 2.72. The molecule has 8 nitrogen and oxygen atoms in total. The highest BCUT2D eigenvalue weighted by Crippen LogP contribution is 2.20. The quantitative estimate of drug-likeness (QED) is 0.171. The van der Waals surface area contributed by atoms with Crippen LogP contribution in [0.3, 0.4) is 0 Å². The van der Waals surface area contributed by atoms with Crippen molar-refractivity contribution in [1.82, 2.24) is 10.6 Å². The lowest BCUT2D eigenvalue weighted by molar-refractivity contribution is -0.136. The number of carbonyl (C=O) groups is 3. The Kier molecular flexibility index (Phi) is 16.2. The molecule has 0 rings (SSSR count). The Morgan fingerprint density at radius 3 is 2.18 bits per heavy atom. The van der Waals surface area contributed by atoms with E-state index >= 15 is 0 Å². The van der Waals surface area contributed by atoms with E-state index in [4.69, 9.17) is 14.6 Å². The number of hydrogen-bond acceptors (Lipinski definition) is 6. The summed E-state index contributed by atoms with van der Waals surface area (Å²) in [5.41, 5.74) is -0.0978. The summed E-state index contributed by atoms with van der Waals surface area (Å²) in [5.74, 6) is 0.0331. The zero-order valence-corrected chi connectivity index (χ0v) is 22.8. The third-order valence-corrected chi connectivity index (χ3v) is 6.44. The van der Waals surface area contributed by atoms with Crippen LogP contribution in [0.15, 0.2) is 12.2 Å². The molecular formula is C25H46N2O6S. The van der Waals surface area contributed by atoms with Gasteiger partial charge in [0.15, 0.2) is 0 Å². The molecule has 0 heterocycles. The molecule has 0 radical (unpaired) electrons. The fourth-order valence-electron chi connectivity index (χ4n) is 2.89. The van der Waals surface area contributed by atoms with Gasteiger partial charge in [-0.15, -0.1) is 0 Å². The molecule has 0 saturated carbocycles. The Morgan fingerprint density at radius 1 is 0.971 bits per heavy atom. The van der Waals surface area contributed by atoms with E-state index in [1.165, 1.54) is 11.8 Å². The largest absolute Gasteiger partial charge is 0.481 e. The minimum Gasteiger partial charge on any atom is -0.481 e. The number of aliphatic carboxylic acids is 1. The van der Waals surface area contributed by atoms with Crippen LogP contribution in [0.5, 0.6) is 0 Å². The zero-order valence-electron chi connectivity index (χ0n) is 22.0. The minimum absolute atomic E-state index is 0.0168. The van der Waals surface area contributed by atoms with Crippen molar-refractivity contribution in [3.8, 4) is 0 Å². The summed E-state index contributed by atoms with van der Waals surface area (Å²) in [5, 5.41) is 14.4. The number of carbonyl (C=O) groups excluding carboxylic acids is 2. The van der Waals surface area contributed by atoms with Crippen LogP contribution >= 0.6 is 11.8 Å². The minimum atomic E-state index is -0.816. The van der Waals surface area contributed by atoms with E-state index in [0.717, 1.165) is 25.7 Å². The Bertz CT molecular complexity index is 651. The normalized spacial score (nSPS) is 12.8. The van der Waals surface area contributed by atoms with Gasteiger partial charge in [-0.1, -0.05) is 13.5 Å². The molecule has 1 atom stereocenters. The molecular weight excluding hydrogens is 456 g/mol. The van der Waals surface area contributed by atoms with Crippen LogP contribution in [0.1, 0.15) is 73.6 Å². The van der Waals surface area contributed by atoms with Crippen molar-refractivity contribution >= 4 is 29.5 Å². The maximum atomic E-state index is 12.1. The molecule has 198 valence electrons. The smallest absolute Gasteiger partial charge is 0.304 e. The van der Waals surface area contributed by atoms with E-state index in [1.54, 1.807) is 6.92 Å². The molecule has 2 amide bonds. The molecule has 9 heteroatoms. The standard InChI is InChI=1S/C25H46N2O6S/c1-19(2)22(30)26-13-8-11-24(4,5)33-16-12-25(6,7)32-15-9-14-27-23(31)20(3)18-34-17-10-21(28)29/h20H,1,8-18H2,2-7H3,(H,26,30)(H,27,31)(H,28,29). The van der Waals surface area contributed by atoms with E-state index in [1.807, 2.05) is 20.8 Å². The van der Waals surface area contributed by atoms with Crippen molar-refractivity contribution < 1.29 is 29.0 Å². The Balaban J connectivity index is 3.94. The highest BCUT2D eigenvalue weighted by atomic mass is 32.2. The second kappa shape index (κ2) is 16.9. The third kappa shape index (κ3) is 17.8. The highest BCUT2D eigenvalue weighted by Gasteiger charge is 2.22. The molecule has 34 heavy (non-hydrogen) atoms. The molecule has 0 aliphatic carbocycles. The molecule has 1 unspecified atom stereocenters. The lowest BCUT2D eigenvalue weighted by atomic mass is 10.0. The van der Waals surface area contributed by atoms with Gasteiger partial charge >= 0.3 is 5.97 Å². The number of ether oxygens (including phenoxy) is 2. The van der Waals surface area contributed by atoms with Crippen molar-refractivity contribution in [1.29, 1.82) is 0 Å². The molecule has 0 saturated heterocycles. The first-order chi connectivity index (χ1) is 15.8. The molecule has 3 N–H and O–H groups in total. The van der Waals surface area contributed by atoms with Crippen LogP contribution in [-0.2, 0) is 23.9 Å². The number of amides is 2. The Labute approximate surface area is 210 Å². The van der Waals surface area contributed by atoms with Gasteiger partial charge in [0.25, 0.3) is 0 Å². The summed E-state index contributed by atoms with van der Waals surface area (Å²) in [7, 11) is 0. The number of nitrogens with one attached hydrogen (secondary N) is 2. The maximum absolute atomic E-state index is 12.1. The van der Waals surface area contributed by atoms with Gasteiger partial charge in [0, 0.05) is 42.7 Å². The molecule has 0 aromatic rings. The molecule has 0 aromatic heterocycles. The fourth-order valence-corrected chi connectivity index (χ4v) is 3.88. The first-order valence-electron chi connectivity index (χ1n) is 12.0. The van der Waals surface area contributed by atoms with Gasteiger partial charge in [0.1, 0.15) is 0 Å². The van der Waals surface area contributed by atoms with Crippen LogP contribution in [-0.4, -0.2) is 71.9 Å². The second-order valence-electron chi connectivity index (χ2n) is 9.87. The van der Waals surface area contributed by atoms with E-state index in [2.05, 4.69) is 31.1 Å². The van der Waals surface area contributed by atoms with Crippen molar-refractivity contribution in [3.63, 3.8) is 0 Å². The van der Waals surface area contributed by atoms with Crippen LogP contribution < -0.4 is 10.6 Å². The van der Waals surface area contributed by atoms with Gasteiger partial charge in [-0.25, -0.2) is 0 Å². The first-order valence-corrected chi connectivity index (χ1v) is 13.2. The van der Waals surface area contributed by atoms with Gasteiger partial charge in [-0.2, -0.15) is 11.8 Å². The highest BCUT2D eigenvalue weighted by molar-refractivity contribution is 7.99. The predicted molar refractivity (Wildman–Crippen MR) is 138 cm³/mol. The van der Waals surface area contributed by atoms with Crippen molar-refractivity contribution in [2.75, 3.05) is 37.8 Å². The predicted octanol–water partition coefficient (Wildman–Crippen LogP) is 3.79. The molecule has 0 spiro atoms. The number of rotatable bonds is 20. The molecule has 0 bridgehead atoms. The monoisotopic (exact) mass is 502 g/mol. The molecule has 0 aliphatic rings. The summed E-state index contributed by atoms with van der Waals surface area (Å²) in [6, 6.07) is 0. The number of carboxylic acids is 1. The topological polar surface area (TPSA) is 114 Å². The van der Waals surface area contributed by atoms with Crippen molar-refractivity contribution in [2.24, 2.45) is 5.92 Å². The van der Waals surface area contributed by atoms with Crippen LogP contribution in [0.2, 0.25) is 0 Å². The first kappa shape index (κ1) is 32.4. The van der Waals surface area contributed by atoms with Crippen LogP contribution in [0.25, 0.3) is 0 Å². The van der Waals surface area contributed by atoms with Gasteiger partial charge in [-0.05, 0) is 60.3 Å². The summed E-state index contributed by atoms with van der Waals surface area (Å²) in [6.45, 7) is 17.6. The van der Waals surface area contributed by atoms with Crippen molar-refractivity contribution in [3.05, 3.63) is 12.2 Å². The summed E-state index contributed by atoms with van der Waals surface area (Å²) in [6.07, 6.45) is 3.25. The fraction of sp³-hybridized carbons (Fsp3) is 0.800. The van der Waals surface area contributed by atoms with Crippen LogP contribution in [0.4, 0.5) is 0 Å². The van der Waals surface area contributed by atoms with Gasteiger partial charge in [0.05, 0.1) is 24.2 Å². The van der Waals surface area contributed by atoms with Gasteiger partial charge in [0.2, 0.25) is 11.8 Å². The molecule has 0 aromatic carbocycles. The van der Waals surface area contributed by atoms with Crippen LogP contribution in [0, 0.1) is 5.92 Å². The van der Waals surface area contributed by atoms with E-state index < -0.39 is 5.97 Å². The molecule has 0 aliphatic heterocycles. The average molecular weight is 503 g/mol. The van der Waals surface area contributed by atoms with Gasteiger partial charge < -0.3 is 25.2 Å². The molecule has 0 fully saturated rings. The zero-order chi connectivity index (χ0) is 26.2. The van der Waals surface area contributed by atoms with E-state index in [9.17, 15) is 14.4 Å². The number of thioether (sulfide) groups is 1. The summed E-state index contributed by atoms with van der Waals surface area (Å²) < 4.78 is 12.0. The third-order valence-electron chi connectivity index (χ3n) is 5.21. The Hall–Kier alpha value is -1.58.